The number of aromatic nitrogens is 1. The molecular weight excluding hydrogens is 236 g/mol. The third-order valence-electron chi connectivity index (χ3n) is 3.57. The van der Waals surface area contributed by atoms with Crippen LogP contribution in [0.1, 0.15) is 56.4 Å². The van der Waals surface area contributed by atoms with Gasteiger partial charge in [0, 0.05) is 24.3 Å². The smallest absolute Gasteiger partial charge is 0.255 e. The van der Waals surface area contributed by atoms with Gasteiger partial charge >= 0.3 is 0 Å². The highest BCUT2D eigenvalue weighted by Crippen LogP contribution is 2.07. The summed E-state index contributed by atoms with van der Waals surface area (Å²) in [4.78, 5) is 12.5. The third kappa shape index (κ3) is 4.50. The normalized spacial score (nSPS) is 10.9. The monoisotopic (exact) mass is 264 g/mol. The van der Waals surface area contributed by atoms with Crippen LogP contribution in [0.4, 0.5) is 0 Å². The fourth-order valence-electron chi connectivity index (χ4n) is 2.29. The molecule has 3 heteroatoms. The van der Waals surface area contributed by atoms with E-state index >= 15 is 0 Å². The first kappa shape index (κ1) is 16.0. The predicted octanol–water partition coefficient (Wildman–Crippen LogP) is 3.15. The molecule has 1 N–H and O–H groups in total. The first-order chi connectivity index (χ1) is 9.11. The van der Waals surface area contributed by atoms with Crippen molar-refractivity contribution in [2.45, 2.75) is 66.5 Å². The lowest BCUT2D eigenvalue weighted by atomic mass is 10.1. The molecule has 0 fully saturated rings. The van der Waals surface area contributed by atoms with Crippen LogP contribution in [0.15, 0.2) is 10.9 Å². The molecule has 0 amide bonds. The highest BCUT2D eigenvalue weighted by atomic mass is 16.1. The molecule has 0 aliphatic heterocycles. The maximum atomic E-state index is 12.5. The Balaban J connectivity index is 2.87. The summed E-state index contributed by atoms with van der Waals surface area (Å²) >= 11 is 0. The molecule has 0 unspecified atom stereocenters. The quantitative estimate of drug-likeness (QED) is 0.732. The van der Waals surface area contributed by atoms with Gasteiger partial charge in [0.1, 0.15) is 0 Å². The zero-order valence-electron chi connectivity index (χ0n) is 12.9. The van der Waals surface area contributed by atoms with Gasteiger partial charge in [0.25, 0.3) is 5.56 Å². The van der Waals surface area contributed by atoms with Gasteiger partial charge in [-0.1, -0.05) is 26.7 Å². The SMILES string of the molecule is CCCCNCc1c(C)cc(C)n(CCCC)c1=O. The molecule has 0 saturated heterocycles. The molecule has 0 radical (unpaired) electrons. The van der Waals surface area contributed by atoms with E-state index in [4.69, 9.17) is 0 Å². The molecule has 0 atom stereocenters. The topological polar surface area (TPSA) is 34.0 Å². The summed E-state index contributed by atoms with van der Waals surface area (Å²) in [5.41, 5.74) is 3.31. The molecule has 0 aromatic carbocycles. The van der Waals surface area contributed by atoms with E-state index in [0.29, 0.717) is 6.54 Å². The van der Waals surface area contributed by atoms with Gasteiger partial charge in [-0.05, 0) is 44.9 Å². The van der Waals surface area contributed by atoms with E-state index in [-0.39, 0.29) is 5.56 Å². The molecule has 19 heavy (non-hydrogen) atoms. The van der Waals surface area contributed by atoms with Crippen molar-refractivity contribution in [3.05, 3.63) is 33.2 Å². The molecule has 1 aromatic heterocycles. The lowest BCUT2D eigenvalue weighted by molar-refractivity contribution is 0.581. The Labute approximate surface area is 117 Å². The van der Waals surface area contributed by atoms with Gasteiger partial charge in [-0.2, -0.15) is 0 Å². The lowest BCUT2D eigenvalue weighted by Crippen LogP contribution is -2.30. The van der Waals surface area contributed by atoms with Crippen LogP contribution in [0.2, 0.25) is 0 Å². The van der Waals surface area contributed by atoms with Crippen molar-refractivity contribution >= 4 is 0 Å². The van der Waals surface area contributed by atoms with Gasteiger partial charge in [0.05, 0.1) is 0 Å². The fraction of sp³-hybridized carbons (Fsp3) is 0.688. The second-order valence-corrected chi connectivity index (χ2v) is 5.29. The maximum absolute atomic E-state index is 12.5. The molecule has 0 saturated carbocycles. The number of hydrogen-bond acceptors (Lipinski definition) is 2. The standard InChI is InChI=1S/C16H28N2O/c1-5-7-9-17-12-15-13(3)11-14(4)18(16(15)19)10-8-6-2/h11,17H,5-10,12H2,1-4H3. The van der Waals surface area contributed by atoms with Gasteiger partial charge in [-0.15, -0.1) is 0 Å². The molecule has 108 valence electrons. The summed E-state index contributed by atoms with van der Waals surface area (Å²) in [6.07, 6.45) is 4.52. The van der Waals surface area contributed by atoms with Crippen molar-refractivity contribution in [3.8, 4) is 0 Å². The minimum Gasteiger partial charge on any atom is -0.313 e. The van der Waals surface area contributed by atoms with E-state index in [1.807, 2.05) is 18.4 Å². The summed E-state index contributed by atoms with van der Waals surface area (Å²) in [7, 11) is 0. The van der Waals surface area contributed by atoms with Gasteiger partial charge in [0.2, 0.25) is 0 Å². The van der Waals surface area contributed by atoms with Crippen LogP contribution in [0.5, 0.6) is 0 Å². The van der Waals surface area contributed by atoms with Crippen LogP contribution < -0.4 is 10.9 Å². The first-order valence-electron chi connectivity index (χ1n) is 7.52. The predicted molar refractivity (Wildman–Crippen MR) is 81.7 cm³/mol. The Kier molecular flexibility index (Phi) is 6.85. The van der Waals surface area contributed by atoms with Gasteiger partial charge in [-0.3, -0.25) is 4.79 Å². The molecule has 3 nitrogen and oxygen atoms in total. The van der Waals surface area contributed by atoms with Gasteiger partial charge < -0.3 is 9.88 Å². The Morgan fingerprint density at radius 2 is 1.84 bits per heavy atom. The van der Waals surface area contributed by atoms with E-state index < -0.39 is 0 Å². The van der Waals surface area contributed by atoms with Crippen molar-refractivity contribution in [2.75, 3.05) is 6.54 Å². The Morgan fingerprint density at radius 1 is 1.16 bits per heavy atom. The van der Waals surface area contributed by atoms with E-state index in [1.165, 1.54) is 6.42 Å². The van der Waals surface area contributed by atoms with Gasteiger partial charge in [0.15, 0.2) is 0 Å². The largest absolute Gasteiger partial charge is 0.313 e. The Morgan fingerprint density at radius 3 is 2.47 bits per heavy atom. The van der Waals surface area contributed by atoms with Crippen LogP contribution >= 0.6 is 0 Å². The summed E-state index contributed by atoms with van der Waals surface area (Å²) in [5.74, 6) is 0. The zero-order valence-corrected chi connectivity index (χ0v) is 12.9. The van der Waals surface area contributed by atoms with Crippen LogP contribution in [0.3, 0.4) is 0 Å². The average Bonchev–Trinajstić information content (AvgIpc) is 2.37. The van der Waals surface area contributed by atoms with E-state index in [1.54, 1.807) is 0 Å². The van der Waals surface area contributed by atoms with E-state index in [9.17, 15) is 4.79 Å². The molecule has 0 bridgehead atoms. The second-order valence-electron chi connectivity index (χ2n) is 5.29. The molecule has 0 aliphatic carbocycles. The fourth-order valence-corrected chi connectivity index (χ4v) is 2.29. The van der Waals surface area contributed by atoms with Gasteiger partial charge in [-0.25, -0.2) is 0 Å². The Hall–Kier alpha value is -1.09. The minimum atomic E-state index is 0.190. The number of hydrogen-bond donors (Lipinski definition) is 1. The maximum Gasteiger partial charge on any atom is 0.255 e. The van der Waals surface area contributed by atoms with Crippen molar-refractivity contribution in [1.29, 1.82) is 0 Å². The van der Waals surface area contributed by atoms with Crippen molar-refractivity contribution in [2.24, 2.45) is 0 Å². The summed E-state index contributed by atoms with van der Waals surface area (Å²) < 4.78 is 1.92. The third-order valence-corrected chi connectivity index (χ3v) is 3.57. The van der Waals surface area contributed by atoms with Crippen LogP contribution in [0, 0.1) is 13.8 Å². The molecule has 1 aromatic rings. The summed E-state index contributed by atoms with van der Waals surface area (Å²) in [6.45, 7) is 10.9. The number of pyridine rings is 1. The first-order valence-corrected chi connectivity index (χ1v) is 7.52. The lowest BCUT2D eigenvalue weighted by Gasteiger charge is -2.14. The van der Waals surface area contributed by atoms with Crippen LogP contribution in [-0.4, -0.2) is 11.1 Å². The minimum absolute atomic E-state index is 0.190. The van der Waals surface area contributed by atoms with E-state index in [0.717, 1.165) is 49.2 Å². The number of nitrogens with zero attached hydrogens (tertiary/aromatic N) is 1. The van der Waals surface area contributed by atoms with Crippen molar-refractivity contribution in [1.82, 2.24) is 9.88 Å². The molecular formula is C16H28N2O. The average molecular weight is 264 g/mol. The molecule has 1 heterocycles. The number of nitrogens with one attached hydrogen (secondary N) is 1. The highest BCUT2D eigenvalue weighted by molar-refractivity contribution is 5.26. The Bertz CT molecular complexity index is 449. The highest BCUT2D eigenvalue weighted by Gasteiger charge is 2.09. The summed E-state index contributed by atoms with van der Waals surface area (Å²) in [5, 5.41) is 3.37. The zero-order chi connectivity index (χ0) is 14.3. The number of rotatable bonds is 8. The van der Waals surface area contributed by atoms with Crippen molar-refractivity contribution < 1.29 is 0 Å². The number of aryl methyl sites for hydroxylation is 2. The van der Waals surface area contributed by atoms with Crippen molar-refractivity contribution in [3.63, 3.8) is 0 Å². The summed E-state index contributed by atoms with van der Waals surface area (Å²) in [6, 6.07) is 2.13. The molecule has 0 aliphatic rings. The molecule has 0 spiro atoms. The number of unbranched alkanes of at least 4 members (excludes halogenated alkanes) is 2. The van der Waals surface area contributed by atoms with Crippen LogP contribution in [-0.2, 0) is 13.1 Å². The molecule has 1 rings (SSSR count). The van der Waals surface area contributed by atoms with E-state index in [2.05, 4.69) is 25.2 Å². The second kappa shape index (κ2) is 8.16. The van der Waals surface area contributed by atoms with Crippen LogP contribution in [0.25, 0.3) is 0 Å².